The van der Waals surface area contributed by atoms with Gasteiger partial charge in [-0.05, 0) is 38.5 Å². The molecule has 0 radical (unpaired) electrons. The highest BCUT2D eigenvalue weighted by Gasteiger charge is 1.90. The van der Waals surface area contributed by atoms with E-state index in [-0.39, 0.29) is 5.97 Å². The molecule has 0 aliphatic heterocycles. The lowest BCUT2D eigenvalue weighted by atomic mass is 10.2. The Hall–Kier alpha value is -1.05. The van der Waals surface area contributed by atoms with Crippen LogP contribution in [-0.4, -0.2) is 12.6 Å². The summed E-state index contributed by atoms with van der Waals surface area (Å²) >= 11 is 0. The zero-order valence-corrected chi connectivity index (χ0v) is 12.0. The molecule has 0 aromatic carbocycles. The van der Waals surface area contributed by atoms with Gasteiger partial charge in [-0.2, -0.15) is 0 Å². The summed E-state index contributed by atoms with van der Waals surface area (Å²) < 4.78 is 4.85. The quantitative estimate of drug-likeness (QED) is 0.300. The molecule has 0 fully saturated rings. The summed E-state index contributed by atoms with van der Waals surface area (Å²) in [5.74, 6) is -0.188. The maximum absolute atomic E-state index is 10.5. The summed E-state index contributed by atoms with van der Waals surface area (Å²) in [5, 5.41) is 0. The molecule has 0 bridgehead atoms. The van der Waals surface area contributed by atoms with Crippen LogP contribution < -0.4 is 0 Å². The Kier molecular flexibility index (Phi) is 13.2. The van der Waals surface area contributed by atoms with Crippen molar-refractivity contribution in [2.75, 3.05) is 6.61 Å². The van der Waals surface area contributed by atoms with Crippen molar-refractivity contribution in [2.24, 2.45) is 0 Å². The first-order valence-corrected chi connectivity index (χ1v) is 7.20. The van der Waals surface area contributed by atoms with E-state index in [1.807, 2.05) is 0 Å². The molecule has 0 aliphatic carbocycles. The minimum Gasteiger partial charge on any atom is -0.466 e. The van der Waals surface area contributed by atoms with Crippen LogP contribution in [0.3, 0.4) is 0 Å². The fourth-order valence-electron chi connectivity index (χ4n) is 1.59. The van der Waals surface area contributed by atoms with Crippen molar-refractivity contribution < 1.29 is 9.53 Å². The van der Waals surface area contributed by atoms with Crippen LogP contribution in [0.15, 0.2) is 24.3 Å². The molecule has 0 unspecified atom stereocenters. The normalized spacial score (nSPS) is 11.4. The Morgan fingerprint density at radius 3 is 2.00 bits per heavy atom. The molecule has 0 aromatic heterocycles. The molecule has 0 saturated carbocycles. The van der Waals surface area contributed by atoms with Crippen LogP contribution in [-0.2, 0) is 9.53 Å². The second-order valence-electron chi connectivity index (χ2n) is 4.50. The first-order chi connectivity index (χ1) is 8.77. The molecule has 0 heterocycles. The van der Waals surface area contributed by atoms with E-state index in [0.29, 0.717) is 6.61 Å². The summed E-state index contributed by atoms with van der Waals surface area (Å²) in [7, 11) is 0. The van der Waals surface area contributed by atoms with Crippen LogP contribution in [0.1, 0.15) is 65.2 Å². The molecular weight excluding hydrogens is 224 g/mol. The van der Waals surface area contributed by atoms with Crippen molar-refractivity contribution >= 4 is 5.97 Å². The SMILES string of the molecule is CCCCCC=CCCC=CCCCOC(C)=O. The zero-order valence-electron chi connectivity index (χ0n) is 12.0. The van der Waals surface area contributed by atoms with Gasteiger partial charge in [-0.25, -0.2) is 0 Å². The van der Waals surface area contributed by atoms with E-state index in [1.165, 1.54) is 32.6 Å². The second kappa shape index (κ2) is 14.0. The largest absolute Gasteiger partial charge is 0.466 e. The van der Waals surface area contributed by atoms with Crippen molar-refractivity contribution in [1.82, 2.24) is 0 Å². The van der Waals surface area contributed by atoms with Crippen molar-refractivity contribution in [3.63, 3.8) is 0 Å². The number of unbranched alkanes of at least 4 members (excludes halogenated alkanes) is 5. The summed E-state index contributed by atoms with van der Waals surface area (Å²) in [4.78, 5) is 10.5. The third kappa shape index (κ3) is 14.9. The van der Waals surface area contributed by atoms with Crippen LogP contribution in [0, 0.1) is 0 Å². The predicted molar refractivity (Wildman–Crippen MR) is 77.5 cm³/mol. The summed E-state index contributed by atoms with van der Waals surface area (Å²) in [6.07, 6.45) is 18.3. The minimum absolute atomic E-state index is 0.188. The highest BCUT2D eigenvalue weighted by molar-refractivity contribution is 5.65. The van der Waals surface area contributed by atoms with E-state index < -0.39 is 0 Å². The molecular formula is C16H28O2. The molecule has 0 N–H and O–H groups in total. The Labute approximate surface area is 112 Å². The van der Waals surface area contributed by atoms with Crippen molar-refractivity contribution in [1.29, 1.82) is 0 Å². The second-order valence-corrected chi connectivity index (χ2v) is 4.50. The monoisotopic (exact) mass is 252 g/mol. The lowest BCUT2D eigenvalue weighted by Gasteiger charge is -1.98. The standard InChI is InChI=1S/C16H28O2/c1-3-4-5-6-7-8-9-10-11-12-13-14-15-18-16(2)17/h7-8,11-12H,3-6,9-10,13-15H2,1-2H3. The van der Waals surface area contributed by atoms with Gasteiger partial charge < -0.3 is 4.74 Å². The van der Waals surface area contributed by atoms with E-state index in [1.54, 1.807) is 0 Å². The Morgan fingerprint density at radius 1 is 0.889 bits per heavy atom. The van der Waals surface area contributed by atoms with Gasteiger partial charge in [0.25, 0.3) is 0 Å². The number of ether oxygens (including phenoxy) is 1. The Morgan fingerprint density at radius 2 is 1.44 bits per heavy atom. The molecule has 0 aromatic rings. The Bertz CT molecular complexity index is 241. The number of carbonyl (C=O) groups is 1. The average Bonchev–Trinajstić information content (AvgIpc) is 2.34. The first-order valence-electron chi connectivity index (χ1n) is 7.20. The van der Waals surface area contributed by atoms with E-state index in [2.05, 4.69) is 31.2 Å². The van der Waals surface area contributed by atoms with Gasteiger partial charge in [0.15, 0.2) is 0 Å². The number of esters is 1. The van der Waals surface area contributed by atoms with Crippen molar-refractivity contribution in [3.05, 3.63) is 24.3 Å². The van der Waals surface area contributed by atoms with Gasteiger partial charge in [0.2, 0.25) is 0 Å². The van der Waals surface area contributed by atoms with Crippen LogP contribution in [0.5, 0.6) is 0 Å². The Balaban J connectivity index is 3.20. The van der Waals surface area contributed by atoms with Gasteiger partial charge in [0.1, 0.15) is 0 Å². The number of carbonyl (C=O) groups excluding carboxylic acids is 1. The number of rotatable bonds is 11. The maximum Gasteiger partial charge on any atom is 0.302 e. The van der Waals surface area contributed by atoms with Gasteiger partial charge in [-0.3, -0.25) is 4.79 Å². The van der Waals surface area contributed by atoms with Crippen molar-refractivity contribution in [2.45, 2.75) is 65.2 Å². The summed E-state index contributed by atoms with van der Waals surface area (Å²) in [6, 6.07) is 0. The lowest BCUT2D eigenvalue weighted by Crippen LogP contribution is -1.99. The highest BCUT2D eigenvalue weighted by atomic mass is 16.5. The van der Waals surface area contributed by atoms with Crippen LogP contribution in [0.4, 0.5) is 0 Å². The number of hydrogen-bond acceptors (Lipinski definition) is 2. The molecule has 2 heteroatoms. The predicted octanol–water partition coefficient (Wildman–Crippen LogP) is 4.80. The van der Waals surface area contributed by atoms with Crippen LogP contribution in [0.2, 0.25) is 0 Å². The third-order valence-electron chi connectivity index (χ3n) is 2.63. The maximum atomic E-state index is 10.5. The summed E-state index contributed by atoms with van der Waals surface area (Å²) in [6.45, 7) is 4.22. The fourth-order valence-corrected chi connectivity index (χ4v) is 1.59. The van der Waals surface area contributed by atoms with Gasteiger partial charge in [-0.15, -0.1) is 0 Å². The zero-order chi connectivity index (χ0) is 13.5. The topological polar surface area (TPSA) is 26.3 Å². The first kappa shape index (κ1) is 16.9. The van der Waals surface area contributed by atoms with E-state index in [4.69, 9.17) is 4.74 Å². The average molecular weight is 252 g/mol. The van der Waals surface area contributed by atoms with Crippen LogP contribution in [0.25, 0.3) is 0 Å². The van der Waals surface area contributed by atoms with Gasteiger partial charge in [-0.1, -0.05) is 44.1 Å². The molecule has 0 saturated heterocycles. The molecule has 0 aliphatic rings. The minimum atomic E-state index is -0.188. The van der Waals surface area contributed by atoms with E-state index >= 15 is 0 Å². The smallest absolute Gasteiger partial charge is 0.302 e. The molecule has 0 amide bonds. The highest BCUT2D eigenvalue weighted by Crippen LogP contribution is 2.02. The van der Waals surface area contributed by atoms with Crippen molar-refractivity contribution in [3.8, 4) is 0 Å². The van der Waals surface area contributed by atoms with Crippen LogP contribution >= 0.6 is 0 Å². The molecule has 0 spiro atoms. The third-order valence-corrected chi connectivity index (χ3v) is 2.63. The molecule has 0 atom stereocenters. The lowest BCUT2D eigenvalue weighted by molar-refractivity contribution is -0.141. The summed E-state index contributed by atoms with van der Waals surface area (Å²) in [5.41, 5.74) is 0. The van der Waals surface area contributed by atoms with E-state index in [9.17, 15) is 4.79 Å². The molecule has 2 nitrogen and oxygen atoms in total. The molecule has 104 valence electrons. The van der Waals surface area contributed by atoms with Gasteiger partial charge in [0.05, 0.1) is 6.61 Å². The van der Waals surface area contributed by atoms with Gasteiger partial charge in [0, 0.05) is 6.92 Å². The fraction of sp³-hybridized carbons (Fsp3) is 0.688. The van der Waals surface area contributed by atoms with Gasteiger partial charge >= 0.3 is 5.97 Å². The number of hydrogen-bond donors (Lipinski definition) is 0. The molecule has 18 heavy (non-hydrogen) atoms. The molecule has 0 rings (SSSR count). The number of allylic oxidation sites excluding steroid dienone is 4. The van der Waals surface area contributed by atoms with E-state index in [0.717, 1.165) is 25.7 Å².